The molecular formula is C27H31Cl2NO4. The fraction of sp³-hybridized carbons (Fsp3) is 0.481. The van der Waals surface area contributed by atoms with Crippen LogP contribution in [0.5, 0.6) is 0 Å². The minimum atomic E-state index is -1.03. The van der Waals surface area contributed by atoms with Crippen LogP contribution in [0, 0.1) is 11.3 Å². The molecule has 2 fully saturated rings. The maximum Gasteiger partial charge on any atom is 0.304 e. The van der Waals surface area contributed by atoms with E-state index in [2.05, 4.69) is 5.32 Å². The zero-order chi connectivity index (χ0) is 24.5. The van der Waals surface area contributed by atoms with E-state index in [1.165, 1.54) is 5.56 Å². The average molecular weight is 504 g/mol. The monoisotopic (exact) mass is 503 g/mol. The largest absolute Gasteiger partial charge is 0.481 e. The van der Waals surface area contributed by atoms with Crippen molar-refractivity contribution in [1.29, 1.82) is 0 Å². The lowest BCUT2D eigenvalue weighted by Crippen LogP contribution is -2.54. The third-order valence-electron chi connectivity index (χ3n) is 7.38. The molecule has 0 aromatic heterocycles. The standard InChI is InChI=1S/C27H31Cl2NO4/c1-27(15-25(32)33)14-23(18-3-2-4-20(29)11-18)24(30-26(27)34)13-21(31)12-22(16-5-6-16)17-7-9-19(28)10-8-17/h2-4,7-11,16,21-24,31H,5-6,12-15H2,1H3,(H,30,34)(H,32,33). The summed E-state index contributed by atoms with van der Waals surface area (Å²) in [5, 5.41) is 24.9. The zero-order valence-corrected chi connectivity index (χ0v) is 20.7. The van der Waals surface area contributed by atoms with E-state index < -0.39 is 17.5 Å². The number of aliphatic hydroxyl groups is 1. The van der Waals surface area contributed by atoms with Crippen LogP contribution in [-0.4, -0.2) is 34.2 Å². The number of carboxylic acids is 1. The number of rotatable bonds is 9. The van der Waals surface area contributed by atoms with Gasteiger partial charge in [-0.05, 0) is 79.3 Å². The molecule has 1 saturated heterocycles. The van der Waals surface area contributed by atoms with Crippen LogP contribution in [0.25, 0.3) is 0 Å². The fourth-order valence-electron chi connectivity index (χ4n) is 5.45. The third kappa shape index (κ3) is 5.94. The average Bonchev–Trinajstić information content (AvgIpc) is 3.60. The van der Waals surface area contributed by atoms with Gasteiger partial charge < -0.3 is 15.5 Å². The lowest BCUT2D eigenvalue weighted by molar-refractivity contribution is -0.147. The quantitative estimate of drug-likeness (QED) is 0.404. The van der Waals surface area contributed by atoms with Crippen molar-refractivity contribution in [3.63, 3.8) is 0 Å². The van der Waals surface area contributed by atoms with Gasteiger partial charge in [-0.15, -0.1) is 0 Å². The van der Waals surface area contributed by atoms with Crippen molar-refractivity contribution in [2.45, 2.75) is 69.4 Å². The van der Waals surface area contributed by atoms with E-state index in [9.17, 15) is 19.8 Å². The number of aliphatic hydroxyl groups excluding tert-OH is 1. The minimum absolute atomic E-state index is 0.148. The van der Waals surface area contributed by atoms with Gasteiger partial charge in [0.15, 0.2) is 0 Å². The summed E-state index contributed by atoms with van der Waals surface area (Å²) >= 11 is 12.3. The van der Waals surface area contributed by atoms with Gasteiger partial charge in [0.25, 0.3) is 0 Å². The van der Waals surface area contributed by atoms with Gasteiger partial charge in [-0.25, -0.2) is 0 Å². The Hall–Kier alpha value is -2.08. The van der Waals surface area contributed by atoms with Crippen molar-refractivity contribution in [1.82, 2.24) is 5.32 Å². The van der Waals surface area contributed by atoms with Crippen LogP contribution < -0.4 is 5.32 Å². The Bertz CT molecular complexity index is 1040. The summed E-state index contributed by atoms with van der Waals surface area (Å²) in [7, 11) is 0. The Labute approximate surface area is 210 Å². The van der Waals surface area contributed by atoms with Crippen LogP contribution in [0.15, 0.2) is 48.5 Å². The lowest BCUT2D eigenvalue weighted by Gasteiger charge is -2.43. The Morgan fingerprint density at radius 1 is 1.15 bits per heavy atom. The predicted octanol–water partition coefficient (Wildman–Crippen LogP) is 5.78. The summed E-state index contributed by atoms with van der Waals surface area (Å²) < 4.78 is 0. The van der Waals surface area contributed by atoms with E-state index in [0.29, 0.717) is 35.2 Å². The number of hydrogen-bond donors (Lipinski definition) is 3. The second kappa shape index (κ2) is 10.3. The van der Waals surface area contributed by atoms with Crippen LogP contribution in [0.3, 0.4) is 0 Å². The van der Waals surface area contributed by atoms with Gasteiger partial charge in [0.2, 0.25) is 5.91 Å². The Kier molecular flexibility index (Phi) is 7.56. The van der Waals surface area contributed by atoms with Crippen molar-refractivity contribution >= 4 is 35.1 Å². The maximum absolute atomic E-state index is 13.0. The van der Waals surface area contributed by atoms with Gasteiger partial charge in [-0.1, -0.05) is 54.4 Å². The highest BCUT2D eigenvalue weighted by Gasteiger charge is 2.46. The molecule has 5 unspecified atom stereocenters. The SMILES string of the molecule is CC1(CC(=O)O)CC(c2cccc(Cl)c2)C(CC(O)CC(c2ccc(Cl)cc2)C2CC2)NC1=O. The van der Waals surface area contributed by atoms with Crippen molar-refractivity contribution in [3.8, 4) is 0 Å². The van der Waals surface area contributed by atoms with Crippen molar-refractivity contribution in [3.05, 3.63) is 69.7 Å². The molecule has 182 valence electrons. The number of carbonyl (C=O) groups excluding carboxylic acids is 1. The molecule has 3 N–H and O–H groups in total. The van der Waals surface area contributed by atoms with E-state index in [4.69, 9.17) is 23.2 Å². The molecule has 1 aliphatic carbocycles. The highest BCUT2D eigenvalue weighted by Crippen LogP contribution is 2.47. The normalized spacial score (nSPS) is 26.5. The molecule has 0 bridgehead atoms. The molecule has 2 aromatic rings. The summed E-state index contributed by atoms with van der Waals surface area (Å²) in [5.41, 5.74) is 1.09. The van der Waals surface area contributed by atoms with Crippen molar-refractivity contribution < 1.29 is 19.8 Å². The number of piperidine rings is 1. The molecule has 4 rings (SSSR count). The number of hydrogen-bond acceptors (Lipinski definition) is 3. The van der Waals surface area contributed by atoms with Gasteiger partial charge in [0, 0.05) is 22.0 Å². The number of nitrogens with one attached hydrogen (secondary N) is 1. The van der Waals surface area contributed by atoms with Gasteiger partial charge in [-0.3, -0.25) is 9.59 Å². The summed E-state index contributed by atoms with van der Waals surface area (Å²) in [6.07, 6.45) is 2.82. The van der Waals surface area contributed by atoms with Gasteiger partial charge in [-0.2, -0.15) is 0 Å². The van der Waals surface area contributed by atoms with E-state index in [1.54, 1.807) is 13.0 Å². The summed E-state index contributed by atoms with van der Waals surface area (Å²) in [4.78, 5) is 24.5. The number of halogens is 2. The minimum Gasteiger partial charge on any atom is -0.481 e. The molecule has 1 heterocycles. The van der Waals surface area contributed by atoms with Gasteiger partial charge in [0.1, 0.15) is 0 Å². The van der Waals surface area contributed by atoms with E-state index in [-0.39, 0.29) is 30.2 Å². The molecule has 1 aliphatic heterocycles. The first kappa shape index (κ1) is 25.0. The smallest absolute Gasteiger partial charge is 0.304 e. The first-order valence-electron chi connectivity index (χ1n) is 11.9. The summed E-state index contributed by atoms with van der Waals surface area (Å²) in [5.74, 6) is -0.629. The van der Waals surface area contributed by atoms with E-state index >= 15 is 0 Å². The summed E-state index contributed by atoms with van der Waals surface area (Å²) in [6, 6.07) is 15.0. The number of carbonyl (C=O) groups is 2. The second-order valence-corrected chi connectivity index (χ2v) is 11.1. The van der Waals surface area contributed by atoms with Gasteiger partial charge >= 0.3 is 5.97 Å². The zero-order valence-electron chi connectivity index (χ0n) is 19.2. The molecule has 5 nitrogen and oxygen atoms in total. The molecular weight excluding hydrogens is 473 g/mol. The molecule has 0 spiro atoms. The van der Waals surface area contributed by atoms with E-state index in [1.807, 2.05) is 42.5 Å². The number of benzene rings is 2. The second-order valence-electron chi connectivity index (χ2n) is 10.2. The Morgan fingerprint density at radius 3 is 2.47 bits per heavy atom. The molecule has 1 saturated carbocycles. The number of carboxylic acid groups (broad SMARTS) is 1. The first-order valence-corrected chi connectivity index (χ1v) is 12.6. The molecule has 0 radical (unpaired) electrons. The molecule has 34 heavy (non-hydrogen) atoms. The van der Waals surface area contributed by atoms with Crippen LogP contribution in [0.4, 0.5) is 0 Å². The van der Waals surface area contributed by atoms with Crippen molar-refractivity contribution in [2.24, 2.45) is 11.3 Å². The topological polar surface area (TPSA) is 86.6 Å². The molecule has 2 aliphatic rings. The fourth-order valence-corrected chi connectivity index (χ4v) is 5.78. The third-order valence-corrected chi connectivity index (χ3v) is 7.87. The Morgan fingerprint density at radius 2 is 1.85 bits per heavy atom. The van der Waals surface area contributed by atoms with Crippen LogP contribution >= 0.6 is 23.2 Å². The number of amides is 1. The van der Waals surface area contributed by atoms with Crippen molar-refractivity contribution in [2.75, 3.05) is 0 Å². The molecule has 5 atom stereocenters. The molecule has 1 amide bonds. The predicted molar refractivity (Wildman–Crippen MR) is 133 cm³/mol. The highest BCUT2D eigenvalue weighted by molar-refractivity contribution is 6.30. The molecule has 7 heteroatoms. The van der Waals surface area contributed by atoms with Gasteiger partial charge in [0.05, 0.1) is 17.9 Å². The number of aliphatic carboxylic acids is 1. The van der Waals surface area contributed by atoms with E-state index in [0.717, 1.165) is 18.4 Å². The van der Waals surface area contributed by atoms with Crippen LogP contribution in [-0.2, 0) is 9.59 Å². The Balaban J connectivity index is 1.53. The molecule has 2 aromatic carbocycles. The maximum atomic E-state index is 13.0. The van der Waals surface area contributed by atoms with Crippen LogP contribution in [0.1, 0.15) is 68.4 Å². The lowest BCUT2D eigenvalue weighted by atomic mass is 9.68. The first-order chi connectivity index (χ1) is 16.1. The van der Waals surface area contributed by atoms with Crippen LogP contribution in [0.2, 0.25) is 10.0 Å². The summed E-state index contributed by atoms with van der Waals surface area (Å²) in [6.45, 7) is 1.70. The highest BCUT2D eigenvalue weighted by atomic mass is 35.5.